The second kappa shape index (κ2) is 6.55. The summed E-state index contributed by atoms with van der Waals surface area (Å²) in [6.45, 7) is 7.63. The predicted octanol–water partition coefficient (Wildman–Crippen LogP) is 1.12. The molecular formula is C14H23N3O3S. The number of nitrogens with one attached hydrogen (secondary N) is 1. The van der Waals surface area contributed by atoms with Crippen LogP contribution in [-0.4, -0.2) is 20.9 Å². The van der Waals surface area contributed by atoms with Gasteiger partial charge < -0.3 is 11.1 Å². The van der Waals surface area contributed by atoms with Gasteiger partial charge in [-0.25, -0.2) is 13.6 Å². The molecule has 1 atom stereocenters. The van der Waals surface area contributed by atoms with Crippen molar-refractivity contribution < 1.29 is 13.2 Å². The Morgan fingerprint density at radius 1 is 1.29 bits per heavy atom. The average Bonchev–Trinajstić information content (AvgIpc) is 2.33. The lowest BCUT2D eigenvalue weighted by Crippen LogP contribution is -2.33. The van der Waals surface area contributed by atoms with Crippen LogP contribution in [0.5, 0.6) is 0 Å². The van der Waals surface area contributed by atoms with Crippen LogP contribution in [0, 0.1) is 25.7 Å². The van der Waals surface area contributed by atoms with Crippen LogP contribution in [0.25, 0.3) is 0 Å². The molecule has 0 aliphatic rings. The van der Waals surface area contributed by atoms with Gasteiger partial charge in [0.15, 0.2) is 0 Å². The van der Waals surface area contributed by atoms with Gasteiger partial charge in [-0.2, -0.15) is 0 Å². The van der Waals surface area contributed by atoms with Crippen LogP contribution >= 0.6 is 0 Å². The van der Waals surface area contributed by atoms with Crippen LogP contribution in [0.15, 0.2) is 17.0 Å². The van der Waals surface area contributed by atoms with Crippen molar-refractivity contribution in [1.29, 1.82) is 0 Å². The third-order valence-electron chi connectivity index (χ3n) is 3.62. The second-order valence-electron chi connectivity index (χ2n) is 5.53. The molecule has 1 rings (SSSR count). The van der Waals surface area contributed by atoms with Crippen molar-refractivity contribution in [3.63, 3.8) is 0 Å². The van der Waals surface area contributed by atoms with Crippen molar-refractivity contribution >= 4 is 21.6 Å². The molecule has 118 valence electrons. The highest BCUT2D eigenvalue weighted by atomic mass is 32.2. The summed E-state index contributed by atoms with van der Waals surface area (Å²) in [6, 6.07) is 2.87. The summed E-state index contributed by atoms with van der Waals surface area (Å²) in [4.78, 5) is 12.2. The molecule has 0 aliphatic heterocycles. The van der Waals surface area contributed by atoms with Crippen LogP contribution in [0.1, 0.15) is 25.0 Å². The molecule has 0 fully saturated rings. The molecule has 21 heavy (non-hydrogen) atoms. The van der Waals surface area contributed by atoms with E-state index in [4.69, 9.17) is 10.9 Å². The molecule has 7 heteroatoms. The Morgan fingerprint density at radius 3 is 2.29 bits per heavy atom. The van der Waals surface area contributed by atoms with Crippen LogP contribution in [-0.2, 0) is 14.8 Å². The zero-order valence-electron chi connectivity index (χ0n) is 12.8. The number of hydrogen-bond acceptors (Lipinski definition) is 4. The Labute approximate surface area is 126 Å². The lowest BCUT2D eigenvalue weighted by Gasteiger charge is -2.20. The Bertz CT molecular complexity index is 639. The number of anilines is 1. The predicted molar refractivity (Wildman–Crippen MR) is 83.3 cm³/mol. The van der Waals surface area contributed by atoms with Crippen LogP contribution in [0.3, 0.4) is 0 Å². The maximum absolute atomic E-state index is 12.2. The molecule has 5 N–H and O–H groups in total. The van der Waals surface area contributed by atoms with E-state index >= 15 is 0 Å². The van der Waals surface area contributed by atoms with Crippen LogP contribution in [0.4, 0.5) is 5.69 Å². The Kier molecular flexibility index (Phi) is 5.49. The Hall–Kier alpha value is -1.44. The van der Waals surface area contributed by atoms with Gasteiger partial charge in [0.2, 0.25) is 15.9 Å². The molecule has 1 aromatic carbocycles. The smallest absolute Gasteiger partial charge is 0.238 e. The zero-order chi connectivity index (χ0) is 16.4. The number of hydrogen-bond donors (Lipinski definition) is 3. The molecule has 0 heterocycles. The van der Waals surface area contributed by atoms with Gasteiger partial charge in [0.1, 0.15) is 0 Å². The lowest BCUT2D eigenvalue weighted by atomic mass is 9.95. The molecule has 0 bridgehead atoms. The lowest BCUT2D eigenvalue weighted by molar-refractivity contribution is -0.120. The number of sulfonamides is 1. The quantitative estimate of drug-likeness (QED) is 0.755. The van der Waals surface area contributed by atoms with E-state index in [0.29, 0.717) is 5.69 Å². The fourth-order valence-corrected chi connectivity index (χ4v) is 2.65. The van der Waals surface area contributed by atoms with E-state index in [0.717, 1.165) is 11.1 Å². The van der Waals surface area contributed by atoms with Crippen LogP contribution in [0.2, 0.25) is 0 Å². The summed E-state index contributed by atoms with van der Waals surface area (Å²) < 4.78 is 23.0. The molecule has 0 spiro atoms. The topological polar surface area (TPSA) is 115 Å². The van der Waals surface area contributed by atoms with E-state index < -0.39 is 10.0 Å². The standard InChI is InChI=1S/C14H23N3O3S/c1-8(2)12(7-15)14(18)17-13-6-11(21(16,19)20)5-9(3)10(13)4/h5-6,8,12H,7,15H2,1-4H3,(H,17,18)(H2,16,19,20). The van der Waals surface area contributed by atoms with Gasteiger partial charge in [-0.1, -0.05) is 13.8 Å². The van der Waals surface area contributed by atoms with Gasteiger partial charge in [0, 0.05) is 12.2 Å². The van der Waals surface area contributed by atoms with E-state index in [-0.39, 0.29) is 29.2 Å². The number of carbonyl (C=O) groups excluding carboxylic acids is 1. The van der Waals surface area contributed by atoms with E-state index in [1.54, 1.807) is 6.92 Å². The molecule has 1 unspecified atom stereocenters. The molecule has 0 aliphatic carbocycles. The van der Waals surface area contributed by atoms with Crippen molar-refractivity contribution in [2.45, 2.75) is 32.6 Å². The minimum absolute atomic E-state index is 0.0188. The highest BCUT2D eigenvalue weighted by molar-refractivity contribution is 7.89. The number of benzene rings is 1. The number of aryl methyl sites for hydroxylation is 1. The normalized spacial score (nSPS) is 13.3. The van der Waals surface area contributed by atoms with Gasteiger partial charge >= 0.3 is 0 Å². The van der Waals surface area contributed by atoms with Gasteiger partial charge in [-0.3, -0.25) is 4.79 Å². The summed E-state index contributed by atoms with van der Waals surface area (Å²) in [5.74, 6) is -0.456. The maximum atomic E-state index is 12.2. The molecule has 0 saturated heterocycles. The number of carbonyl (C=O) groups is 1. The Morgan fingerprint density at radius 2 is 1.86 bits per heavy atom. The van der Waals surface area contributed by atoms with Crippen molar-refractivity contribution in [3.8, 4) is 0 Å². The molecular weight excluding hydrogens is 290 g/mol. The van der Waals surface area contributed by atoms with Gasteiger partial charge in [-0.15, -0.1) is 0 Å². The maximum Gasteiger partial charge on any atom is 0.238 e. The summed E-state index contributed by atoms with van der Waals surface area (Å²) >= 11 is 0. The second-order valence-corrected chi connectivity index (χ2v) is 7.09. The molecule has 0 aromatic heterocycles. The monoisotopic (exact) mass is 313 g/mol. The number of primary sulfonamides is 1. The van der Waals surface area contributed by atoms with E-state index in [9.17, 15) is 13.2 Å². The largest absolute Gasteiger partial charge is 0.330 e. The van der Waals surface area contributed by atoms with Gasteiger partial charge in [-0.05, 0) is 43.0 Å². The third kappa shape index (κ3) is 4.26. The van der Waals surface area contributed by atoms with Crippen molar-refractivity contribution in [2.75, 3.05) is 11.9 Å². The number of rotatable bonds is 5. The fraction of sp³-hybridized carbons (Fsp3) is 0.500. The highest BCUT2D eigenvalue weighted by Crippen LogP contribution is 2.24. The van der Waals surface area contributed by atoms with Crippen molar-refractivity contribution in [2.24, 2.45) is 22.7 Å². The summed E-state index contributed by atoms with van der Waals surface area (Å²) in [7, 11) is -3.82. The minimum Gasteiger partial charge on any atom is -0.330 e. The van der Waals surface area contributed by atoms with Crippen LogP contribution < -0.4 is 16.2 Å². The zero-order valence-corrected chi connectivity index (χ0v) is 13.6. The van der Waals surface area contributed by atoms with E-state index in [1.807, 2.05) is 20.8 Å². The first-order chi connectivity index (χ1) is 9.57. The number of amides is 1. The molecule has 1 aromatic rings. The highest BCUT2D eigenvalue weighted by Gasteiger charge is 2.22. The minimum atomic E-state index is -3.82. The van der Waals surface area contributed by atoms with Gasteiger partial charge in [0.05, 0.1) is 10.8 Å². The SMILES string of the molecule is Cc1cc(S(N)(=O)=O)cc(NC(=O)C(CN)C(C)C)c1C. The summed E-state index contributed by atoms with van der Waals surface area (Å²) in [5, 5.41) is 7.91. The first kappa shape index (κ1) is 17.6. The third-order valence-corrected chi connectivity index (χ3v) is 4.52. The average molecular weight is 313 g/mol. The molecule has 1 amide bonds. The first-order valence-electron chi connectivity index (χ1n) is 6.73. The van der Waals surface area contributed by atoms with Gasteiger partial charge in [0.25, 0.3) is 0 Å². The first-order valence-corrected chi connectivity index (χ1v) is 8.27. The molecule has 0 radical (unpaired) electrons. The van der Waals surface area contributed by atoms with E-state index in [2.05, 4.69) is 5.32 Å². The molecule has 6 nitrogen and oxygen atoms in total. The summed E-state index contributed by atoms with van der Waals surface area (Å²) in [6.07, 6.45) is 0. The molecule has 0 saturated carbocycles. The number of nitrogens with two attached hydrogens (primary N) is 2. The fourth-order valence-electron chi connectivity index (χ4n) is 2.03. The van der Waals surface area contributed by atoms with E-state index in [1.165, 1.54) is 12.1 Å². The van der Waals surface area contributed by atoms with Crippen molar-refractivity contribution in [3.05, 3.63) is 23.3 Å². The summed E-state index contributed by atoms with van der Waals surface area (Å²) in [5.41, 5.74) is 7.61. The Balaban J connectivity index is 3.19. The van der Waals surface area contributed by atoms with Crippen molar-refractivity contribution in [1.82, 2.24) is 0 Å².